The Morgan fingerprint density at radius 1 is 1.20 bits per heavy atom. The first-order valence-electron chi connectivity index (χ1n) is 5.88. The molecule has 20 heavy (non-hydrogen) atoms. The summed E-state index contributed by atoms with van der Waals surface area (Å²) in [6, 6.07) is 11.1. The molecule has 0 amide bonds. The molecular formula is C15H13FN2O2. The SMILES string of the molecule is COc1cc(C#N)ccc1OCc1cc(N)cc(F)c1. The van der Waals surface area contributed by atoms with Gasteiger partial charge in [-0.05, 0) is 35.9 Å². The van der Waals surface area contributed by atoms with Crippen LogP contribution >= 0.6 is 0 Å². The van der Waals surface area contributed by atoms with E-state index in [0.717, 1.165) is 0 Å². The lowest BCUT2D eigenvalue weighted by Crippen LogP contribution is -1.99. The second kappa shape index (κ2) is 5.93. The van der Waals surface area contributed by atoms with Gasteiger partial charge in [-0.1, -0.05) is 0 Å². The van der Waals surface area contributed by atoms with Gasteiger partial charge in [0.1, 0.15) is 12.4 Å². The average Bonchev–Trinajstić information content (AvgIpc) is 2.44. The summed E-state index contributed by atoms with van der Waals surface area (Å²) in [6.07, 6.45) is 0. The van der Waals surface area contributed by atoms with Crippen molar-refractivity contribution in [3.05, 3.63) is 53.3 Å². The Balaban J connectivity index is 2.16. The van der Waals surface area contributed by atoms with Crippen molar-refractivity contribution in [3.63, 3.8) is 0 Å². The van der Waals surface area contributed by atoms with Crippen LogP contribution < -0.4 is 15.2 Å². The average molecular weight is 272 g/mol. The van der Waals surface area contributed by atoms with E-state index in [0.29, 0.717) is 28.3 Å². The van der Waals surface area contributed by atoms with E-state index < -0.39 is 5.82 Å². The van der Waals surface area contributed by atoms with Crippen LogP contribution in [0.1, 0.15) is 11.1 Å². The zero-order chi connectivity index (χ0) is 14.5. The number of methoxy groups -OCH3 is 1. The van der Waals surface area contributed by atoms with Gasteiger partial charge in [0.15, 0.2) is 11.5 Å². The second-order valence-electron chi connectivity index (χ2n) is 4.16. The fourth-order valence-corrected chi connectivity index (χ4v) is 1.78. The summed E-state index contributed by atoms with van der Waals surface area (Å²) in [7, 11) is 1.49. The minimum Gasteiger partial charge on any atom is -0.493 e. The molecule has 2 aromatic rings. The van der Waals surface area contributed by atoms with Crippen molar-refractivity contribution in [1.29, 1.82) is 5.26 Å². The molecule has 4 nitrogen and oxygen atoms in total. The highest BCUT2D eigenvalue weighted by atomic mass is 19.1. The number of benzene rings is 2. The maximum absolute atomic E-state index is 13.2. The van der Waals surface area contributed by atoms with E-state index in [2.05, 4.69) is 0 Å². The molecule has 5 heteroatoms. The van der Waals surface area contributed by atoms with Gasteiger partial charge in [0.25, 0.3) is 0 Å². The Morgan fingerprint density at radius 2 is 2.00 bits per heavy atom. The van der Waals surface area contributed by atoms with Crippen LogP contribution in [0.15, 0.2) is 36.4 Å². The van der Waals surface area contributed by atoms with Crippen molar-refractivity contribution in [1.82, 2.24) is 0 Å². The van der Waals surface area contributed by atoms with Gasteiger partial charge in [0.05, 0.1) is 18.7 Å². The first kappa shape index (κ1) is 13.7. The first-order valence-corrected chi connectivity index (χ1v) is 5.88. The molecule has 2 N–H and O–H groups in total. The standard InChI is InChI=1S/C15H13FN2O2/c1-19-15-6-10(8-17)2-3-14(15)20-9-11-4-12(16)7-13(18)5-11/h2-7H,9,18H2,1H3. The smallest absolute Gasteiger partial charge is 0.162 e. The van der Waals surface area contributed by atoms with Crippen LogP contribution in [-0.4, -0.2) is 7.11 Å². The van der Waals surface area contributed by atoms with E-state index in [9.17, 15) is 4.39 Å². The normalized spacial score (nSPS) is 9.85. The molecule has 0 aromatic heterocycles. The number of anilines is 1. The summed E-state index contributed by atoms with van der Waals surface area (Å²) in [4.78, 5) is 0. The van der Waals surface area contributed by atoms with E-state index in [1.165, 1.54) is 19.2 Å². The Labute approximate surface area is 116 Å². The van der Waals surface area contributed by atoms with Crippen LogP contribution in [0.2, 0.25) is 0 Å². The molecule has 0 radical (unpaired) electrons. The van der Waals surface area contributed by atoms with E-state index in [-0.39, 0.29) is 6.61 Å². The van der Waals surface area contributed by atoms with E-state index in [1.807, 2.05) is 6.07 Å². The molecular weight excluding hydrogens is 259 g/mol. The van der Waals surface area contributed by atoms with Gasteiger partial charge >= 0.3 is 0 Å². The predicted molar refractivity (Wildman–Crippen MR) is 72.9 cm³/mol. The largest absolute Gasteiger partial charge is 0.493 e. The first-order chi connectivity index (χ1) is 9.62. The lowest BCUT2D eigenvalue weighted by atomic mass is 10.2. The molecule has 0 fully saturated rings. The topological polar surface area (TPSA) is 68.3 Å². The van der Waals surface area contributed by atoms with Crippen molar-refractivity contribution in [2.75, 3.05) is 12.8 Å². The number of ether oxygens (including phenoxy) is 2. The minimum atomic E-state index is -0.407. The van der Waals surface area contributed by atoms with E-state index >= 15 is 0 Å². The lowest BCUT2D eigenvalue weighted by molar-refractivity contribution is 0.284. The van der Waals surface area contributed by atoms with Crippen LogP contribution in [0.4, 0.5) is 10.1 Å². The molecule has 0 aliphatic heterocycles. The zero-order valence-corrected chi connectivity index (χ0v) is 10.9. The fourth-order valence-electron chi connectivity index (χ4n) is 1.78. The Morgan fingerprint density at radius 3 is 2.65 bits per heavy atom. The lowest BCUT2D eigenvalue weighted by Gasteiger charge is -2.11. The summed E-state index contributed by atoms with van der Waals surface area (Å²) in [6.45, 7) is 0.157. The van der Waals surface area contributed by atoms with Crippen molar-refractivity contribution >= 4 is 5.69 Å². The molecule has 0 aliphatic rings. The van der Waals surface area contributed by atoms with Crippen molar-refractivity contribution in [2.24, 2.45) is 0 Å². The molecule has 102 valence electrons. The summed E-state index contributed by atoms with van der Waals surface area (Å²) in [5.41, 5.74) is 7.00. The number of halogens is 1. The third-order valence-electron chi connectivity index (χ3n) is 2.67. The van der Waals surface area contributed by atoms with Crippen LogP contribution in [0, 0.1) is 17.1 Å². The van der Waals surface area contributed by atoms with Crippen molar-refractivity contribution < 1.29 is 13.9 Å². The molecule has 2 aromatic carbocycles. The number of hydrogen-bond donors (Lipinski definition) is 1. The number of nitriles is 1. The minimum absolute atomic E-state index is 0.157. The van der Waals surface area contributed by atoms with Gasteiger partial charge in [-0.15, -0.1) is 0 Å². The quantitative estimate of drug-likeness (QED) is 0.869. The van der Waals surface area contributed by atoms with E-state index in [4.69, 9.17) is 20.5 Å². The van der Waals surface area contributed by atoms with Gasteiger partial charge in [0.2, 0.25) is 0 Å². The Hall–Kier alpha value is -2.74. The number of nitrogen functional groups attached to an aromatic ring is 1. The van der Waals surface area contributed by atoms with Crippen molar-refractivity contribution in [3.8, 4) is 17.6 Å². The highest BCUT2D eigenvalue weighted by Crippen LogP contribution is 2.28. The highest BCUT2D eigenvalue weighted by Gasteiger charge is 2.07. The van der Waals surface area contributed by atoms with Crippen LogP contribution in [-0.2, 0) is 6.61 Å². The molecule has 0 atom stereocenters. The Kier molecular flexibility index (Phi) is 4.06. The van der Waals surface area contributed by atoms with Crippen LogP contribution in [0.5, 0.6) is 11.5 Å². The maximum atomic E-state index is 13.2. The third kappa shape index (κ3) is 3.18. The number of hydrogen-bond acceptors (Lipinski definition) is 4. The van der Waals surface area contributed by atoms with E-state index in [1.54, 1.807) is 24.3 Å². The van der Waals surface area contributed by atoms with Gasteiger partial charge < -0.3 is 15.2 Å². The number of nitrogens with two attached hydrogens (primary N) is 1. The number of nitrogens with zero attached hydrogens (tertiary/aromatic N) is 1. The highest BCUT2D eigenvalue weighted by molar-refractivity contribution is 5.47. The molecule has 0 heterocycles. The molecule has 2 rings (SSSR count). The molecule has 0 aliphatic carbocycles. The number of rotatable bonds is 4. The van der Waals surface area contributed by atoms with Gasteiger partial charge in [-0.25, -0.2) is 4.39 Å². The van der Waals surface area contributed by atoms with Crippen molar-refractivity contribution in [2.45, 2.75) is 6.61 Å². The summed E-state index contributed by atoms with van der Waals surface area (Å²) < 4.78 is 23.9. The molecule has 0 saturated heterocycles. The monoisotopic (exact) mass is 272 g/mol. The third-order valence-corrected chi connectivity index (χ3v) is 2.67. The Bertz CT molecular complexity index is 645. The summed E-state index contributed by atoms with van der Waals surface area (Å²) in [5, 5.41) is 8.82. The summed E-state index contributed by atoms with van der Waals surface area (Å²) >= 11 is 0. The van der Waals surface area contributed by atoms with Crippen LogP contribution in [0.25, 0.3) is 0 Å². The zero-order valence-electron chi connectivity index (χ0n) is 10.9. The second-order valence-corrected chi connectivity index (χ2v) is 4.16. The molecule has 0 saturated carbocycles. The van der Waals surface area contributed by atoms with Gasteiger partial charge in [0, 0.05) is 11.8 Å². The fraction of sp³-hybridized carbons (Fsp3) is 0.133. The summed E-state index contributed by atoms with van der Waals surface area (Å²) in [5.74, 6) is 0.526. The maximum Gasteiger partial charge on any atom is 0.162 e. The molecule has 0 unspecified atom stereocenters. The molecule has 0 spiro atoms. The predicted octanol–water partition coefficient (Wildman–Crippen LogP) is 2.87. The van der Waals surface area contributed by atoms with Gasteiger partial charge in [-0.3, -0.25) is 0 Å². The van der Waals surface area contributed by atoms with Gasteiger partial charge in [-0.2, -0.15) is 5.26 Å². The van der Waals surface area contributed by atoms with Crippen LogP contribution in [0.3, 0.4) is 0 Å². The molecule has 0 bridgehead atoms.